The molecule has 0 heterocycles. The Hall–Kier alpha value is -1.26. The van der Waals surface area contributed by atoms with E-state index in [9.17, 15) is 9.59 Å². The topological polar surface area (TPSA) is 67.4 Å². The van der Waals surface area contributed by atoms with Crippen LogP contribution in [0.4, 0.5) is 4.79 Å². The summed E-state index contributed by atoms with van der Waals surface area (Å²) in [7, 11) is 0. The van der Waals surface area contributed by atoms with Crippen molar-refractivity contribution in [1.29, 1.82) is 0 Å². The molecule has 100 valence electrons. The fourth-order valence-electron chi connectivity index (χ4n) is 4.09. The maximum atomic E-state index is 11.6. The third-order valence-electron chi connectivity index (χ3n) is 4.73. The molecule has 3 aliphatic rings. The highest BCUT2D eigenvalue weighted by Gasteiger charge is 2.65. The van der Waals surface area contributed by atoms with Crippen molar-refractivity contribution in [3.05, 3.63) is 0 Å². The Morgan fingerprint density at radius 1 is 1.22 bits per heavy atom. The number of carbonyl (C=O) groups excluding carboxylic acids is 2. The minimum Gasteiger partial charge on any atom is -0.465 e. The van der Waals surface area contributed by atoms with Gasteiger partial charge in [0.15, 0.2) is 0 Å². The van der Waals surface area contributed by atoms with Gasteiger partial charge in [-0.25, -0.2) is 4.79 Å². The van der Waals surface area contributed by atoms with E-state index >= 15 is 0 Å². The Bertz CT molecular complexity index is 355. The second-order valence-electron chi connectivity index (χ2n) is 5.65. The minimum absolute atomic E-state index is 0.0470. The fourth-order valence-corrected chi connectivity index (χ4v) is 4.09. The Balaban J connectivity index is 1.40. The number of carbonyl (C=O) groups is 2. The molecule has 4 atom stereocenters. The molecule has 0 radical (unpaired) electrons. The first-order chi connectivity index (χ1) is 8.70. The molecule has 0 spiro atoms. The van der Waals surface area contributed by atoms with Gasteiger partial charge in [0.1, 0.15) is 6.54 Å². The molecule has 3 saturated carbocycles. The zero-order chi connectivity index (χ0) is 12.7. The van der Waals surface area contributed by atoms with Crippen molar-refractivity contribution >= 4 is 12.0 Å². The molecule has 2 bridgehead atoms. The van der Waals surface area contributed by atoms with Gasteiger partial charge in [-0.2, -0.15) is 0 Å². The normalized spacial score (nSPS) is 39.1. The average molecular weight is 252 g/mol. The van der Waals surface area contributed by atoms with Crippen LogP contribution in [0.2, 0.25) is 0 Å². The number of nitrogens with one attached hydrogen (secondary N) is 2. The standard InChI is InChI=1S/C13H20N2O3/c1-2-18-9(16)6-14-13(17)15-12-10-7-3-4-8(5-7)11(10)12/h7-8,10-12H,2-6H2,1H3,(H2,14,15,17). The van der Waals surface area contributed by atoms with Crippen LogP contribution in [-0.2, 0) is 9.53 Å². The van der Waals surface area contributed by atoms with Crippen LogP contribution in [0.5, 0.6) is 0 Å². The number of urea groups is 1. The van der Waals surface area contributed by atoms with Gasteiger partial charge < -0.3 is 15.4 Å². The predicted octanol–water partition coefficient (Wildman–Crippen LogP) is 0.893. The molecular formula is C13H20N2O3. The summed E-state index contributed by atoms with van der Waals surface area (Å²) >= 11 is 0. The summed E-state index contributed by atoms with van der Waals surface area (Å²) in [5.41, 5.74) is 0. The van der Waals surface area contributed by atoms with E-state index in [4.69, 9.17) is 4.74 Å². The first-order valence-corrected chi connectivity index (χ1v) is 6.90. The van der Waals surface area contributed by atoms with Crippen molar-refractivity contribution in [3.63, 3.8) is 0 Å². The lowest BCUT2D eigenvalue weighted by Gasteiger charge is -2.11. The van der Waals surface area contributed by atoms with E-state index in [1.807, 2.05) is 0 Å². The first-order valence-electron chi connectivity index (χ1n) is 6.90. The van der Waals surface area contributed by atoms with E-state index in [1.54, 1.807) is 6.92 Å². The van der Waals surface area contributed by atoms with Gasteiger partial charge in [-0.05, 0) is 49.9 Å². The summed E-state index contributed by atoms with van der Waals surface area (Å²) in [6.07, 6.45) is 4.06. The van der Waals surface area contributed by atoms with Gasteiger partial charge in [-0.3, -0.25) is 4.79 Å². The summed E-state index contributed by atoms with van der Waals surface area (Å²) in [6, 6.07) is 0.125. The fraction of sp³-hybridized carbons (Fsp3) is 0.846. The molecule has 2 amide bonds. The predicted molar refractivity (Wildman–Crippen MR) is 64.8 cm³/mol. The number of ether oxygens (including phenoxy) is 1. The van der Waals surface area contributed by atoms with Crippen LogP contribution in [-0.4, -0.2) is 31.2 Å². The van der Waals surface area contributed by atoms with Crippen LogP contribution >= 0.6 is 0 Å². The number of amides is 2. The second kappa shape index (κ2) is 4.44. The quantitative estimate of drug-likeness (QED) is 0.730. The molecule has 0 aliphatic heterocycles. The lowest BCUT2D eigenvalue weighted by atomic mass is 10.0. The van der Waals surface area contributed by atoms with Gasteiger partial charge in [0.2, 0.25) is 0 Å². The van der Waals surface area contributed by atoms with Crippen molar-refractivity contribution in [1.82, 2.24) is 10.6 Å². The van der Waals surface area contributed by atoms with Crippen molar-refractivity contribution < 1.29 is 14.3 Å². The molecule has 2 N–H and O–H groups in total. The molecule has 3 fully saturated rings. The number of hydrogen-bond donors (Lipinski definition) is 2. The molecular weight excluding hydrogens is 232 g/mol. The molecule has 3 rings (SSSR count). The molecule has 0 aromatic carbocycles. The summed E-state index contributed by atoms with van der Waals surface area (Å²) < 4.78 is 4.75. The maximum Gasteiger partial charge on any atom is 0.325 e. The summed E-state index contributed by atoms with van der Waals surface area (Å²) in [6.45, 7) is 2.05. The van der Waals surface area contributed by atoms with Crippen LogP contribution in [0.15, 0.2) is 0 Å². The molecule has 18 heavy (non-hydrogen) atoms. The van der Waals surface area contributed by atoms with E-state index in [1.165, 1.54) is 19.3 Å². The largest absolute Gasteiger partial charge is 0.465 e. The van der Waals surface area contributed by atoms with Gasteiger partial charge in [-0.1, -0.05) is 0 Å². The van der Waals surface area contributed by atoms with Gasteiger partial charge in [0.05, 0.1) is 6.61 Å². The Morgan fingerprint density at radius 3 is 2.50 bits per heavy atom. The smallest absolute Gasteiger partial charge is 0.325 e. The van der Waals surface area contributed by atoms with Crippen LogP contribution in [0, 0.1) is 23.7 Å². The number of esters is 1. The lowest BCUT2D eigenvalue weighted by Crippen LogP contribution is -2.41. The second-order valence-corrected chi connectivity index (χ2v) is 5.65. The van der Waals surface area contributed by atoms with E-state index in [-0.39, 0.29) is 18.5 Å². The van der Waals surface area contributed by atoms with Crippen LogP contribution in [0.1, 0.15) is 26.2 Å². The average Bonchev–Trinajstić information content (AvgIpc) is 2.74. The maximum absolute atomic E-state index is 11.6. The monoisotopic (exact) mass is 252 g/mol. The Labute approximate surface area is 107 Å². The number of hydrogen-bond acceptors (Lipinski definition) is 3. The molecule has 5 nitrogen and oxygen atoms in total. The summed E-state index contributed by atoms with van der Waals surface area (Å²) in [5.74, 6) is 2.74. The third-order valence-corrected chi connectivity index (χ3v) is 4.73. The zero-order valence-electron chi connectivity index (χ0n) is 10.6. The summed E-state index contributed by atoms with van der Waals surface area (Å²) in [5, 5.41) is 5.55. The van der Waals surface area contributed by atoms with Crippen LogP contribution in [0.25, 0.3) is 0 Å². The Kier molecular flexibility index (Phi) is 2.92. The number of rotatable bonds is 4. The van der Waals surface area contributed by atoms with Crippen LogP contribution in [0.3, 0.4) is 0 Å². The highest BCUT2D eigenvalue weighted by atomic mass is 16.5. The molecule has 0 aromatic rings. The lowest BCUT2D eigenvalue weighted by molar-refractivity contribution is -0.141. The van der Waals surface area contributed by atoms with Crippen molar-refractivity contribution in [3.8, 4) is 0 Å². The van der Waals surface area contributed by atoms with Crippen LogP contribution < -0.4 is 10.6 Å². The third kappa shape index (κ3) is 1.95. The molecule has 0 saturated heterocycles. The highest BCUT2D eigenvalue weighted by Crippen LogP contribution is 2.65. The summed E-state index contributed by atoms with van der Waals surface area (Å²) in [4.78, 5) is 22.7. The van der Waals surface area contributed by atoms with E-state index < -0.39 is 0 Å². The highest BCUT2D eigenvalue weighted by molar-refractivity contribution is 5.81. The van der Waals surface area contributed by atoms with Crippen molar-refractivity contribution in [2.75, 3.05) is 13.2 Å². The zero-order valence-corrected chi connectivity index (χ0v) is 10.6. The van der Waals surface area contributed by atoms with Gasteiger partial charge in [0, 0.05) is 6.04 Å². The van der Waals surface area contributed by atoms with Crippen molar-refractivity contribution in [2.45, 2.75) is 32.2 Å². The molecule has 4 unspecified atom stereocenters. The van der Waals surface area contributed by atoms with E-state index in [0.29, 0.717) is 12.6 Å². The Morgan fingerprint density at radius 2 is 1.89 bits per heavy atom. The van der Waals surface area contributed by atoms with Crippen molar-refractivity contribution in [2.24, 2.45) is 23.7 Å². The van der Waals surface area contributed by atoms with E-state index in [2.05, 4.69) is 10.6 Å². The molecule has 5 heteroatoms. The van der Waals surface area contributed by atoms with Gasteiger partial charge in [-0.15, -0.1) is 0 Å². The number of fused-ring (bicyclic) bond motifs is 5. The first kappa shape index (κ1) is 11.8. The van der Waals surface area contributed by atoms with Gasteiger partial charge in [0.25, 0.3) is 0 Å². The van der Waals surface area contributed by atoms with Gasteiger partial charge >= 0.3 is 12.0 Å². The minimum atomic E-state index is -0.385. The molecule has 0 aromatic heterocycles. The van der Waals surface area contributed by atoms with E-state index in [0.717, 1.165) is 23.7 Å². The molecule has 3 aliphatic carbocycles. The SMILES string of the molecule is CCOC(=O)CNC(=O)NC1C2C3CCC(C3)C12.